The van der Waals surface area contributed by atoms with Crippen LogP contribution in [0.2, 0.25) is 0 Å². The van der Waals surface area contributed by atoms with Crippen LogP contribution < -0.4 is 0 Å². The lowest BCUT2D eigenvalue weighted by atomic mass is 10.4. The summed E-state index contributed by atoms with van der Waals surface area (Å²) in [4.78, 5) is 12.0. The van der Waals surface area contributed by atoms with Crippen molar-refractivity contribution < 1.29 is 17.9 Å². The van der Waals surface area contributed by atoms with Crippen LogP contribution in [0.25, 0.3) is 0 Å². The number of methoxy groups -OCH3 is 1. The van der Waals surface area contributed by atoms with Crippen LogP contribution in [0, 0.1) is 0 Å². The Morgan fingerprint density at radius 3 is 2.81 bits per heavy atom. The highest BCUT2D eigenvalue weighted by molar-refractivity contribution is 7.92. The third kappa shape index (κ3) is 4.42. The minimum absolute atomic E-state index is 0.00203. The molecule has 0 radical (unpaired) electrons. The van der Waals surface area contributed by atoms with Gasteiger partial charge in [-0.15, -0.1) is 11.3 Å². The van der Waals surface area contributed by atoms with Gasteiger partial charge in [0.05, 0.1) is 10.6 Å². The van der Waals surface area contributed by atoms with Crippen molar-refractivity contribution in [2.75, 3.05) is 25.2 Å². The molecule has 0 amide bonds. The van der Waals surface area contributed by atoms with Crippen molar-refractivity contribution in [3.8, 4) is 0 Å². The largest absolute Gasteiger partial charge is 0.385 e. The van der Waals surface area contributed by atoms with E-state index < -0.39 is 15.6 Å². The van der Waals surface area contributed by atoms with Crippen molar-refractivity contribution in [3.05, 3.63) is 22.4 Å². The minimum atomic E-state index is -3.30. The summed E-state index contributed by atoms with van der Waals surface area (Å²) in [5, 5.41) is 1.75. The van der Waals surface area contributed by atoms with Crippen LogP contribution in [0.1, 0.15) is 16.1 Å². The van der Waals surface area contributed by atoms with E-state index in [2.05, 4.69) is 0 Å². The molecule has 1 aromatic rings. The Hall–Kier alpha value is -0.720. The summed E-state index contributed by atoms with van der Waals surface area (Å²) in [5.74, 6) is -0.734. The molecular formula is C10H14O4S2. The topological polar surface area (TPSA) is 60.4 Å². The highest BCUT2D eigenvalue weighted by Crippen LogP contribution is 2.11. The van der Waals surface area contributed by atoms with Crippen molar-refractivity contribution in [2.45, 2.75) is 6.42 Å². The van der Waals surface area contributed by atoms with Gasteiger partial charge in [0.2, 0.25) is 0 Å². The van der Waals surface area contributed by atoms with Crippen molar-refractivity contribution >= 4 is 27.0 Å². The molecule has 6 heteroatoms. The van der Waals surface area contributed by atoms with Crippen LogP contribution in [0.3, 0.4) is 0 Å². The number of rotatable bonds is 7. The zero-order valence-electron chi connectivity index (χ0n) is 9.01. The summed E-state index contributed by atoms with van der Waals surface area (Å²) < 4.78 is 27.8. The SMILES string of the molecule is COCCCS(=O)(=O)CC(=O)c1cccs1. The molecule has 0 aromatic carbocycles. The molecule has 1 aromatic heterocycles. The molecule has 0 fully saturated rings. The maximum Gasteiger partial charge on any atom is 0.187 e. The van der Waals surface area contributed by atoms with E-state index in [1.165, 1.54) is 18.4 Å². The molecule has 0 atom stereocenters. The van der Waals surface area contributed by atoms with Gasteiger partial charge in [-0.2, -0.15) is 0 Å². The molecule has 0 bridgehead atoms. The highest BCUT2D eigenvalue weighted by atomic mass is 32.2. The van der Waals surface area contributed by atoms with E-state index in [4.69, 9.17) is 4.74 Å². The summed E-state index contributed by atoms with van der Waals surface area (Å²) in [7, 11) is -1.78. The van der Waals surface area contributed by atoms with E-state index in [-0.39, 0.29) is 11.5 Å². The fourth-order valence-electron chi connectivity index (χ4n) is 1.20. The van der Waals surface area contributed by atoms with Crippen LogP contribution in [-0.4, -0.2) is 39.4 Å². The van der Waals surface area contributed by atoms with Crippen molar-refractivity contribution in [1.29, 1.82) is 0 Å². The van der Waals surface area contributed by atoms with Crippen molar-refractivity contribution in [3.63, 3.8) is 0 Å². The minimum Gasteiger partial charge on any atom is -0.385 e. The standard InChI is InChI=1S/C10H14O4S2/c1-14-5-3-7-16(12,13)8-9(11)10-4-2-6-15-10/h2,4,6H,3,5,7-8H2,1H3. The van der Waals surface area contributed by atoms with Gasteiger partial charge in [0, 0.05) is 13.7 Å². The van der Waals surface area contributed by atoms with Gasteiger partial charge in [-0.05, 0) is 17.9 Å². The molecule has 0 aliphatic carbocycles. The quantitative estimate of drug-likeness (QED) is 0.550. The first-order valence-corrected chi connectivity index (χ1v) is 7.51. The molecule has 0 saturated heterocycles. The number of Topliss-reactive ketones (excluding diaryl/α,β-unsaturated/α-hetero) is 1. The first-order valence-electron chi connectivity index (χ1n) is 4.81. The Balaban J connectivity index is 2.50. The lowest BCUT2D eigenvalue weighted by molar-refractivity contribution is 0.102. The molecule has 0 spiro atoms. The van der Waals surface area contributed by atoms with Gasteiger partial charge >= 0.3 is 0 Å². The third-order valence-electron chi connectivity index (χ3n) is 1.95. The Bertz CT molecular complexity index is 420. The molecule has 1 heterocycles. The summed E-state index contributed by atoms with van der Waals surface area (Å²) in [6, 6.07) is 3.37. The monoisotopic (exact) mass is 262 g/mol. The van der Waals surface area contributed by atoms with Gasteiger partial charge in [0.25, 0.3) is 0 Å². The predicted octanol–water partition coefficient (Wildman–Crippen LogP) is 1.38. The van der Waals surface area contributed by atoms with Crippen molar-refractivity contribution in [1.82, 2.24) is 0 Å². The van der Waals surface area contributed by atoms with Gasteiger partial charge in [-0.25, -0.2) is 8.42 Å². The van der Waals surface area contributed by atoms with Gasteiger partial charge in [0.15, 0.2) is 15.6 Å². The lowest BCUT2D eigenvalue weighted by Gasteiger charge is -2.02. The number of sulfone groups is 1. The van der Waals surface area contributed by atoms with E-state index in [1.807, 2.05) is 0 Å². The zero-order chi connectivity index (χ0) is 12.0. The van der Waals surface area contributed by atoms with Crippen LogP contribution >= 0.6 is 11.3 Å². The van der Waals surface area contributed by atoms with Crippen LogP contribution in [-0.2, 0) is 14.6 Å². The molecule has 0 N–H and O–H groups in total. The molecule has 16 heavy (non-hydrogen) atoms. The second kappa shape index (κ2) is 6.12. The molecule has 4 nitrogen and oxygen atoms in total. The molecule has 0 aliphatic heterocycles. The van der Waals surface area contributed by atoms with E-state index in [1.54, 1.807) is 17.5 Å². The maximum absolute atomic E-state index is 11.6. The van der Waals surface area contributed by atoms with Gasteiger partial charge in [-0.1, -0.05) is 6.07 Å². The second-order valence-electron chi connectivity index (χ2n) is 3.34. The van der Waals surface area contributed by atoms with E-state index in [0.29, 0.717) is 17.9 Å². The first-order chi connectivity index (χ1) is 7.55. The maximum atomic E-state index is 11.6. The molecule has 1 rings (SSSR count). The number of ether oxygens (including phenoxy) is 1. The summed E-state index contributed by atoms with van der Waals surface area (Å²) in [6.45, 7) is 0.395. The number of thiophene rings is 1. The van der Waals surface area contributed by atoms with E-state index in [0.717, 1.165) is 0 Å². The van der Waals surface area contributed by atoms with Crippen LogP contribution in [0.15, 0.2) is 17.5 Å². The van der Waals surface area contributed by atoms with Crippen molar-refractivity contribution in [2.24, 2.45) is 0 Å². The number of ketones is 1. The smallest absolute Gasteiger partial charge is 0.187 e. The predicted molar refractivity (Wildman–Crippen MR) is 63.8 cm³/mol. The molecule has 0 aliphatic rings. The molecule has 0 unspecified atom stereocenters. The summed E-state index contributed by atoms with van der Waals surface area (Å²) in [6.07, 6.45) is 0.427. The lowest BCUT2D eigenvalue weighted by Crippen LogP contribution is -2.19. The summed E-state index contributed by atoms with van der Waals surface area (Å²) in [5.41, 5.74) is 0. The third-order valence-corrected chi connectivity index (χ3v) is 4.47. The van der Waals surface area contributed by atoms with E-state index in [9.17, 15) is 13.2 Å². The van der Waals surface area contributed by atoms with E-state index >= 15 is 0 Å². The zero-order valence-corrected chi connectivity index (χ0v) is 10.6. The Kier molecular flexibility index (Phi) is 5.11. The number of hydrogen-bond acceptors (Lipinski definition) is 5. The average Bonchev–Trinajstić information content (AvgIpc) is 2.69. The summed E-state index contributed by atoms with van der Waals surface area (Å²) >= 11 is 1.26. The fourth-order valence-corrected chi connectivity index (χ4v) is 3.22. The fraction of sp³-hybridized carbons (Fsp3) is 0.500. The molecule has 0 saturated carbocycles. The normalized spacial score (nSPS) is 11.6. The van der Waals surface area contributed by atoms with Crippen LogP contribution in [0.5, 0.6) is 0 Å². The van der Waals surface area contributed by atoms with Gasteiger partial charge < -0.3 is 4.74 Å². The Morgan fingerprint density at radius 1 is 1.50 bits per heavy atom. The first kappa shape index (κ1) is 13.3. The average molecular weight is 262 g/mol. The number of carbonyl (C=O) groups excluding carboxylic acids is 1. The second-order valence-corrected chi connectivity index (χ2v) is 6.47. The van der Waals surface area contributed by atoms with Gasteiger partial charge in [0.1, 0.15) is 5.75 Å². The molecule has 90 valence electrons. The highest BCUT2D eigenvalue weighted by Gasteiger charge is 2.18. The number of hydrogen-bond donors (Lipinski definition) is 0. The van der Waals surface area contributed by atoms with Gasteiger partial charge in [-0.3, -0.25) is 4.79 Å². The molecular weight excluding hydrogens is 248 g/mol. The van der Waals surface area contributed by atoms with Crippen LogP contribution in [0.4, 0.5) is 0 Å². The number of carbonyl (C=O) groups is 1. The Morgan fingerprint density at radius 2 is 2.25 bits per heavy atom. The Labute approximate surface area is 99.2 Å².